The smallest absolute Gasteiger partial charge is 0.236 e. The molecule has 4 fully saturated rings. The number of hydrogen-bond acceptors (Lipinski definition) is 4. The number of carbonyl (C=O) groups excluding carboxylic acids is 2. The second kappa shape index (κ2) is 14.0. The minimum atomic E-state index is -2.02. The molecule has 1 amide bonds. The number of allylic oxidation sites excluding steroid dienone is 5. The van der Waals surface area contributed by atoms with Crippen LogP contribution >= 0.6 is 0 Å². The van der Waals surface area contributed by atoms with Crippen molar-refractivity contribution < 1.29 is 18.4 Å². The lowest BCUT2D eigenvalue weighted by molar-refractivity contribution is -0.139. The van der Waals surface area contributed by atoms with Crippen LogP contribution in [0, 0.1) is 28.1 Å². The van der Waals surface area contributed by atoms with Gasteiger partial charge >= 0.3 is 0 Å². The summed E-state index contributed by atoms with van der Waals surface area (Å²) < 4.78 is 14.2. The van der Waals surface area contributed by atoms with E-state index in [0.29, 0.717) is 24.7 Å². The Labute approximate surface area is 309 Å². The first-order chi connectivity index (χ1) is 22.7. The molecule has 4 rings (SSSR count). The van der Waals surface area contributed by atoms with Gasteiger partial charge in [0.05, 0.1) is 12.2 Å². The minimum absolute atomic E-state index is 0.0146. The van der Waals surface area contributed by atoms with Gasteiger partial charge in [-0.15, -0.1) is 0 Å². The molecule has 0 aromatic carbocycles. The number of fused-ring (bicyclic) bond motifs is 1. The van der Waals surface area contributed by atoms with Crippen LogP contribution in [0.5, 0.6) is 0 Å². The average molecular weight is 724 g/mol. The molecular formula is C43H73NO4Si2. The molecular weight excluding hydrogens is 651 g/mol. The Kier molecular flexibility index (Phi) is 11.6. The standard InChI is InChI=1S/C43H73NO4Si2/c1-30-32(28-33(47-49(13,14)39(2,3)4)29-35(30)48-50(15,16)40(5,6)7)20-19-31-18-17-24-42(10)34(31)21-22-36(42)41(8,9)25-23-37(45)43(26-27-43)38(46)44(11)12/h19-20,23,25,33-36H,1,17-18,21-22,24,26-29H2,2-16H3/b25-23+,31-19+,32-20-/t33-,34+,35+,36-,42+/m1/s1. The summed E-state index contributed by atoms with van der Waals surface area (Å²) in [5, 5.41) is 0.269. The van der Waals surface area contributed by atoms with E-state index in [2.05, 4.69) is 113 Å². The van der Waals surface area contributed by atoms with Crippen LogP contribution in [0.2, 0.25) is 36.3 Å². The average Bonchev–Trinajstić information content (AvgIpc) is 3.70. The van der Waals surface area contributed by atoms with Crippen molar-refractivity contribution in [2.45, 2.75) is 169 Å². The highest BCUT2D eigenvalue weighted by atomic mass is 28.4. The van der Waals surface area contributed by atoms with E-state index >= 15 is 0 Å². The molecule has 0 unspecified atom stereocenters. The van der Waals surface area contributed by atoms with Gasteiger partial charge in [-0.1, -0.05) is 92.7 Å². The highest BCUT2D eigenvalue weighted by molar-refractivity contribution is 6.74. The van der Waals surface area contributed by atoms with Gasteiger partial charge in [-0.25, -0.2) is 0 Å². The molecule has 7 heteroatoms. The predicted molar refractivity (Wildman–Crippen MR) is 215 cm³/mol. The number of nitrogens with zero attached hydrogens (tertiary/aromatic N) is 1. The Morgan fingerprint density at radius 1 is 0.880 bits per heavy atom. The van der Waals surface area contributed by atoms with Crippen molar-refractivity contribution in [1.29, 1.82) is 0 Å². The highest BCUT2D eigenvalue weighted by Crippen LogP contribution is 2.62. The largest absolute Gasteiger partial charge is 0.413 e. The van der Waals surface area contributed by atoms with Gasteiger partial charge in [-0.3, -0.25) is 9.59 Å². The summed E-state index contributed by atoms with van der Waals surface area (Å²) in [5.41, 5.74) is 3.21. The molecule has 0 aromatic heterocycles. The Hall–Kier alpha value is -1.55. The summed E-state index contributed by atoms with van der Waals surface area (Å²) in [6, 6.07) is 0. The summed E-state index contributed by atoms with van der Waals surface area (Å²) in [6.45, 7) is 35.2. The molecule has 0 heterocycles. The van der Waals surface area contributed by atoms with Crippen molar-refractivity contribution in [3.05, 3.63) is 47.6 Å². The van der Waals surface area contributed by atoms with Gasteiger partial charge in [-0.2, -0.15) is 0 Å². The summed E-state index contributed by atoms with van der Waals surface area (Å²) in [4.78, 5) is 27.7. The molecule has 5 atom stereocenters. The SMILES string of the molecule is C=C1/C(=C\C=C2/CCC[C@]3(C)[C@@H](C(C)(C)/C=C/C(=O)C4(C(=O)N(C)C)CC4)CC[C@@H]23)C[C@@H](O[Si](C)(C)C(C)(C)C)C[C@@H]1O[Si](C)(C)C(C)(C)C. The zero-order chi connectivity index (χ0) is 37.9. The van der Waals surface area contributed by atoms with Crippen molar-refractivity contribution in [1.82, 2.24) is 4.90 Å². The molecule has 0 aromatic rings. The van der Waals surface area contributed by atoms with Crippen LogP contribution in [0.4, 0.5) is 0 Å². The van der Waals surface area contributed by atoms with Crippen LogP contribution in [0.1, 0.15) is 120 Å². The lowest BCUT2D eigenvalue weighted by Crippen LogP contribution is -2.49. The topological polar surface area (TPSA) is 55.8 Å². The quantitative estimate of drug-likeness (QED) is 0.128. The van der Waals surface area contributed by atoms with Crippen LogP contribution in [-0.4, -0.2) is 59.5 Å². The highest BCUT2D eigenvalue weighted by Gasteiger charge is 2.57. The second-order valence-electron chi connectivity index (χ2n) is 20.6. The molecule has 4 aliphatic carbocycles. The first-order valence-electron chi connectivity index (χ1n) is 19.6. The molecule has 4 aliphatic rings. The van der Waals surface area contributed by atoms with Crippen molar-refractivity contribution in [2.24, 2.45) is 28.1 Å². The van der Waals surface area contributed by atoms with Crippen molar-refractivity contribution in [3.8, 4) is 0 Å². The molecule has 282 valence electrons. The van der Waals surface area contributed by atoms with E-state index in [0.717, 1.165) is 31.3 Å². The van der Waals surface area contributed by atoms with Crippen LogP contribution < -0.4 is 0 Å². The van der Waals surface area contributed by atoms with Crippen molar-refractivity contribution in [3.63, 3.8) is 0 Å². The lowest BCUT2D eigenvalue weighted by atomic mass is 9.57. The van der Waals surface area contributed by atoms with Gasteiger partial charge in [0.1, 0.15) is 5.41 Å². The maximum absolute atomic E-state index is 13.3. The first-order valence-corrected chi connectivity index (χ1v) is 25.4. The number of amides is 1. The maximum Gasteiger partial charge on any atom is 0.236 e. The van der Waals surface area contributed by atoms with Gasteiger partial charge in [-0.05, 0) is 128 Å². The normalized spacial score (nSPS) is 31.0. The summed E-state index contributed by atoms with van der Waals surface area (Å²) in [6.07, 6.45) is 17.8. The third-order valence-corrected chi connectivity index (χ3v) is 23.3. The van der Waals surface area contributed by atoms with Gasteiger partial charge < -0.3 is 13.8 Å². The van der Waals surface area contributed by atoms with Gasteiger partial charge in [0.2, 0.25) is 5.91 Å². The van der Waals surface area contributed by atoms with E-state index in [-0.39, 0.29) is 44.8 Å². The van der Waals surface area contributed by atoms with Gasteiger partial charge in [0.25, 0.3) is 0 Å². The summed E-state index contributed by atoms with van der Waals surface area (Å²) in [7, 11) is -0.493. The van der Waals surface area contributed by atoms with Crippen LogP contribution in [0.25, 0.3) is 0 Å². The van der Waals surface area contributed by atoms with Crippen LogP contribution in [0.3, 0.4) is 0 Å². The number of hydrogen-bond donors (Lipinski definition) is 0. The predicted octanol–water partition coefficient (Wildman–Crippen LogP) is 11.2. The van der Waals surface area contributed by atoms with E-state index in [9.17, 15) is 9.59 Å². The van der Waals surface area contributed by atoms with Gasteiger partial charge in [0.15, 0.2) is 22.4 Å². The molecule has 50 heavy (non-hydrogen) atoms. The fraction of sp³-hybridized carbons (Fsp3) is 0.767. The summed E-state index contributed by atoms with van der Waals surface area (Å²) in [5.74, 6) is 0.932. The minimum Gasteiger partial charge on any atom is -0.413 e. The molecule has 0 saturated heterocycles. The Bertz CT molecular complexity index is 1410. The van der Waals surface area contributed by atoms with Crippen LogP contribution in [-0.2, 0) is 18.4 Å². The van der Waals surface area contributed by atoms with E-state index in [1.807, 2.05) is 0 Å². The Morgan fingerprint density at radius 3 is 2.00 bits per heavy atom. The Balaban J connectivity index is 1.59. The first kappa shape index (κ1) is 41.2. The van der Waals surface area contributed by atoms with Crippen molar-refractivity contribution in [2.75, 3.05) is 14.1 Å². The fourth-order valence-electron chi connectivity index (χ4n) is 8.91. The molecule has 0 aliphatic heterocycles. The summed E-state index contributed by atoms with van der Waals surface area (Å²) >= 11 is 0. The lowest BCUT2D eigenvalue weighted by Gasteiger charge is -2.47. The molecule has 0 bridgehead atoms. The van der Waals surface area contributed by atoms with E-state index < -0.39 is 22.0 Å². The zero-order valence-electron chi connectivity index (χ0n) is 34.8. The Morgan fingerprint density at radius 2 is 1.46 bits per heavy atom. The molecule has 5 nitrogen and oxygen atoms in total. The van der Waals surface area contributed by atoms with E-state index in [4.69, 9.17) is 8.85 Å². The zero-order valence-corrected chi connectivity index (χ0v) is 36.8. The van der Waals surface area contributed by atoms with E-state index in [1.54, 1.807) is 30.6 Å². The molecule has 0 radical (unpaired) electrons. The van der Waals surface area contributed by atoms with E-state index in [1.165, 1.54) is 24.8 Å². The molecule has 4 saturated carbocycles. The van der Waals surface area contributed by atoms with Crippen molar-refractivity contribution >= 4 is 28.3 Å². The third kappa shape index (κ3) is 8.16. The third-order valence-electron chi connectivity index (χ3n) is 14.3. The number of ketones is 1. The second-order valence-corrected chi connectivity index (χ2v) is 30.1. The molecule has 0 N–H and O–H groups in total. The van der Waals surface area contributed by atoms with Crippen LogP contribution in [0.15, 0.2) is 47.6 Å². The number of rotatable bonds is 10. The van der Waals surface area contributed by atoms with Gasteiger partial charge in [0, 0.05) is 20.5 Å². The monoisotopic (exact) mass is 724 g/mol. The molecule has 0 spiro atoms. The maximum atomic E-state index is 13.3. The fourth-order valence-corrected chi connectivity index (χ4v) is 11.6. The number of carbonyl (C=O) groups is 2.